The number of rotatable bonds is 7. The average molecular weight is 524 g/mol. The number of fused-ring (bicyclic) bond motifs is 1. The fourth-order valence-electron chi connectivity index (χ4n) is 4.43. The molecule has 0 saturated heterocycles. The molecule has 10 nitrogen and oxygen atoms in total. The first kappa shape index (κ1) is 25.4. The molecule has 5 rings (SSSR count). The zero-order valence-electron chi connectivity index (χ0n) is 21.8. The molecule has 2 heterocycles. The number of methoxy groups -OCH3 is 1. The predicted octanol–water partition coefficient (Wildman–Crippen LogP) is 6.21. The lowest BCUT2D eigenvalue weighted by molar-refractivity contribution is -0.384. The number of nitro benzene ring substituents is 1. The number of ether oxygens (including phenoxy) is 2. The Bertz CT molecular complexity index is 1730. The highest BCUT2D eigenvalue weighted by atomic mass is 16.6. The van der Waals surface area contributed by atoms with Crippen molar-refractivity contribution in [2.24, 2.45) is 7.05 Å². The SMILES string of the molecule is COc1ccc(Oc2cc(NC(=O)c3cc(-c4c(C)nn(C)c4C)nc4ccccc34)cc([N+](=O)[O-])c2)cc1. The molecule has 3 aromatic carbocycles. The van der Waals surface area contributed by atoms with E-state index in [1.165, 1.54) is 18.2 Å². The first-order chi connectivity index (χ1) is 18.7. The molecule has 39 heavy (non-hydrogen) atoms. The van der Waals surface area contributed by atoms with Crippen LogP contribution in [-0.2, 0) is 7.05 Å². The minimum absolute atomic E-state index is 0.201. The second kappa shape index (κ2) is 10.3. The topological polar surface area (TPSA) is 121 Å². The number of benzene rings is 3. The monoisotopic (exact) mass is 523 g/mol. The van der Waals surface area contributed by atoms with Crippen LogP contribution < -0.4 is 14.8 Å². The van der Waals surface area contributed by atoms with Crippen molar-refractivity contribution in [3.05, 3.63) is 99.9 Å². The summed E-state index contributed by atoms with van der Waals surface area (Å²) in [5.41, 5.74) is 4.19. The fourth-order valence-corrected chi connectivity index (χ4v) is 4.43. The van der Waals surface area contributed by atoms with Gasteiger partial charge in [-0.3, -0.25) is 19.6 Å². The molecule has 0 fully saturated rings. The van der Waals surface area contributed by atoms with Crippen molar-refractivity contribution in [3.63, 3.8) is 0 Å². The van der Waals surface area contributed by atoms with E-state index in [1.54, 1.807) is 42.1 Å². The Kier molecular flexibility index (Phi) is 6.68. The van der Waals surface area contributed by atoms with Gasteiger partial charge in [0.25, 0.3) is 11.6 Å². The summed E-state index contributed by atoms with van der Waals surface area (Å²) in [5, 5.41) is 19.6. The van der Waals surface area contributed by atoms with E-state index in [-0.39, 0.29) is 17.1 Å². The van der Waals surface area contributed by atoms with Crippen molar-refractivity contribution >= 4 is 28.2 Å². The molecule has 10 heteroatoms. The summed E-state index contributed by atoms with van der Waals surface area (Å²) < 4.78 is 12.8. The lowest BCUT2D eigenvalue weighted by atomic mass is 10.0. The van der Waals surface area contributed by atoms with Gasteiger partial charge < -0.3 is 14.8 Å². The van der Waals surface area contributed by atoms with Crippen molar-refractivity contribution in [3.8, 4) is 28.5 Å². The maximum absolute atomic E-state index is 13.6. The maximum Gasteiger partial charge on any atom is 0.275 e. The molecule has 1 amide bonds. The number of nitrogens with zero attached hydrogens (tertiary/aromatic N) is 4. The summed E-state index contributed by atoms with van der Waals surface area (Å²) in [7, 11) is 3.41. The third kappa shape index (κ3) is 5.12. The van der Waals surface area contributed by atoms with E-state index >= 15 is 0 Å². The third-order valence-corrected chi connectivity index (χ3v) is 6.38. The molecule has 0 aliphatic rings. The van der Waals surface area contributed by atoms with Gasteiger partial charge in [0.15, 0.2) is 0 Å². The quantitative estimate of drug-likeness (QED) is 0.199. The number of nitro groups is 1. The van der Waals surface area contributed by atoms with Crippen LogP contribution in [-0.4, -0.2) is 32.7 Å². The molecule has 0 bridgehead atoms. The second-order valence-electron chi connectivity index (χ2n) is 8.95. The van der Waals surface area contributed by atoms with E-state index < -0.39 is 10.8 Å². The van der Waals surface area contributed by atoms with Crippen molar-refractivity contribution in [2.45, 2.75) is 13.8 Å². The van der Waals surface area contributed by atoms with Gasteiger partial charge >= 0.3 is 0 Å². The number of para-hydroxylation sites is 1. The first-order valence-electron chi connectivity index (χ1n) is 12.1. The van der Waals surface area contributed by atoms with Gasteiger partial charge in [0, 0.05) is 35.8 Å². The smallest absolute Gasteiger partial charge is 0.275 e. The molecular weight excluding hydrogens is 498 g/mol. The van der Waals surface area contributed by atoms with E-state index in [0.29, 0.717) is 33.7 Å². The fraction of sp³-hybridized carbons (Fsp3) is 0.138. The summed E-state index contributed by atoms with van der Waals surface area (Å²) in [4.78, 5) is 29.5. The van der Waals surface area contributed by atoms with Gasteiger partial charge in [-0.1, -0.05) is 18.2 Å². The van der Waals surface area contributed by atoms with Crippen LogP contribution in [0.5, 0.6) is 17.2 Å². The molecule has 0 saturated carbocycles. The zero-order chi connectivity index (χ0) is 27.7. The van der Waals surface area contributed by atoms with Crippen LogP contribution in [0.2, 0.25) is 0 Å². The van der Waals surface area contributed by atoms with E-state index in [1.807, 2.05) is 45.2 Å². The lowest BCUT2D eigenvalue weighted by Crippen LogP contribution is -2.13. The predicted molar refractivity (Wildman–Crippen MR) is 148 cm³/mol. The van der Waals surface area contributed by atoms with Gasteiger partial charge in [-0.05, 0) is 50.2 Å². The van der Waals surface area contributed by atoms with Crippen molar-refractivity contribution < 1.29 is 19.2 Å². The first-order valence-corrected chi connectivity index (χ1v) is 12.1. The number of amides is 1. The Morgan fingerprint density at radius 2 is 1.69 bits per heavy atom. The van der Waals surface area contributed by atoms with Crippen molar-refractivity contribution in [1.29, 1.82) is 0 Å². The van der Waals surface area contributed by atoms with E-state index in [0.717, 1.165) is 17.0 Å². The number of carbonyl (C=O) groups excluding carboxylic acids is 1. The van der Waals surface area contributed by atoms with Crippen molar-refractivity contribution in [2.75, 3.05) is 12.4 Å². The van der Waals surface area contributed by atoms with Crippen molar-refractivity contribution in [1.82, 2.24) is 14.8 Å². The van der Waals surface area contributed by atoms with Gasteiger partial charge in [0.1, 0.15) is 17.2 Å². The maximum atomic E-state index is 13.6. The lowest BCUT2D eigenvalue weighted by Gasteiger charge is -2.12. The summed E-state index contributed by atoms with van der Waals surface area (Å²) in [5.74, 6) is 0.868. The molecule has 1 N–H and O–H groups in total. The van der Waals surface area contributed by atoms with E-state index in [2.05, 4.69) is 10.4 Å². The number of pyridine rings is 1. The van der Waals surface area contributed by atoms with Crippen LogP contribution in [0, 0.1) is 24.0 Å². The minimum Gasteiger partial charge on any atom is -0.497 e. The number of hydrogen-bond donors (Lipinski definition) is 1. The molecular formula is C29H25N5O5. The molecule has 0 radical (unpaired) electrons. The number of non-ortho nitro benzene ring substituents is 1. The minimum atomic E-state index is -0.537. The standard InChI is InChI=1S/C29H25N5O5/c1-17-28(18(2)33(3)32-17)27-16-25(24-7-5-6-8-26(24)31-27)29(35)30-19-13-20(34(36)37)15-23(14-19)39-22-11-9-21(38-4)10-12-22/h5-16H,1-4H3,(H,30,35). The molecule has 2 aromatic heterocycles. The molecule has 196 valence electrons. The molecule has 0 aliphatic heterocycles. The number of hydrogen-bond acceptors (Lipinski definition) is 7. The second-order valence-corrected chi connectivity index (χ2v) is 8.95. The summed E-state index contributed by atoms with van der Waals surface area (Å²) in [6.07, 6.45) is 0. The Morgan fingerprint density at radius 3 is 2.36 bits per heavy atom. The van der Waals surface area contributed by atoms with Gasteiger partial charge in [-0.25, -0.2) is 4.98 Å². The van der Waals surface area contributed by atoms with Crippen LogP contribution in [0.15, 0.2) is 72.8 Å². The van der Waals surface area contributed by atoms with E-state index in [4.69, 9.17) is 14.5 Å². The number of carbonyl (C=O) groups is 1. The Morgan fingerprint density at radius 1 is 0.974 bits per heavy atom. The normalized spacial score (nSPS) is 10.9. The summed E-state index contributed by atoms with van der Waals surface area (Å²) in [6, 6.07) is 20.0. The average Bonchev–Trinajstić information content (AvgIpc) is 3.18. The zero-order valence-corrected chi connectivity index (χ0v) is 21.8. The molecule has 0 spiro atoms. The van der Waals surface area contributed by atoms with Gasteiger partial charge in [0.2, 0.25) is 0 Å². The van der Waals surface area contributed by atoms with Gasteiger partial charge in [0.05, 0.1) is 46.3 Å². The van der Waals surface area contributed by atoms with Crippen LogP contribution in [0.25, 0.3) is 22.2 Å². The van der Waals surface area contributed by atoms with Crippen LogP contribution in [0.3, 0.4) is 0 Å². The van der Waals surface area contributed by atoms with Crippen LogP contribution in [0.4, 0.5) is 11.4 Å². The third-order valence-electron chi connectivity index (χ3n) is 6.38. The van der Waals surface area contributed by atoms with Crippen LogP contribution >= 0.6 is 0 Å². The Balaban J connectivity index is 1.53. The molecule has 0 aliphatic carbocycles. The Labute approximate surface area is 224 Å². The highest BCUT2D eigenvalue weighted by Crippen LogP contribution is 2.32. The number of aryl methyl sites for hydroxylation is 2. The highest BCUT2D eigenvalue weighted by Gasteiger charge is 2.20. The highest BCUT2D eigenvalue weighted by molar-refractivity contribution is 6.13. The number of anilines is 1. The molecule has 0 atom stereocenters. The summed E-state index contributed by atoms with van der Waals surface area (Å²) in [6.45, 7) is 3.84. The summed E-state index contributed by atoms with van der Waals surface area (Å²) >= 11 is 0. The van der Waals surface area contributed by atoms with Gasteiger partial charge in [-0.2, -0.15) is 5.10 Å². The van der Waals surface area contributed by atoms with Gasteiger partial charge in [-0.15, -0.1) is 0 Å². The molecule has 0 unspecified atom stereocenters. The van der Waals surface area contributed by atoms with E-state index in [9.17, 15) is 14.9 Å². The largest absolute Gasteiger partial charge is 0.497 e. The number of nitrogens with one attached hydrogen (secondary N) is 1. The van der Waals surface area contributed by atoms with Crippen LogP contribution in [0.1, 0.15) is 21.7 Å². The molecule has 5 aromatic rings. The number of aromatic nitrogens is 3. The Hall–Kier alpha value is -5.25.